The Bertz CT molecular complexity index is 746. The van der Waals surface area contributed by atoms with Gasteiger partial charge < -0.3 is 19.9 Å². The lowest BCUT2D eigenvalue weighted by Gasteiger charge is -2.18. The van der Waals surface area contributed by atoms with Crippen molar-refractivity contribution < 1.29 is 9.26 Å². The van der Waals surface area contributed by atoms with E-state index in [0.29, 0.717) is 5.92 Å². The first-order valence-electron chi connectivity index (χ1n) is 10.6. The summed E-state index contributed by atoms with van der Waals surface area (Å²) < 4.78 is 11.0. The van der Waals surface area contributed by atoms with E-state index in [0.717, 1.165) is 55.7 Å². The van der Waals surface area contributed by atoms with Gasteiger partial charge in [-0.3, -0.25) is 4.99 Å². The van der Waals surface area contributed by atoms with E-state index in [9.17, 15) is 0 Å². The summed E-state index contributed by atoms with van der Waals surface area (Å²) in [5.41, 5.74) is 3.38. The molecule has 0 aliphatic carbocycles. The molecule has 0 radical (unpaired) electrons. The van der Waals surface area contributed by atoms with E-state index in [1.54, 1.807) is 0 Å². The van der Waals surface area contributed by atoms with E-state index < -0.39 is 0 Å². The average molecular weight is 401 g/mol. The highest BCUT2D eigenvalue weighted by atomic mass is 16.5. The number of benzene rings is 1. The number of nitrogens with one attached hydrogen (secondary N) is 2. The number of aliphatic imine (C=N–C) groups is 1. The maximum atomic E-state index is 5.77. The molecule has 6 heteroatoms. The topological polar surface area (TPSA) is 71.7 Å². The molecule has 0 fully saturated rings. The molecule has 0 spiro atoms. The molecule has 6 nitrogen and oxygen atoms in total. The minimum Gasteiger partial charge on any atom is -0.493 e. The lowest BCUT2D eigenvalue weighted by atomic mass is 10.1. The predicted octanol–water partition coefficient (Wildman–Crippen LogP) is 4.58. The van der Waals surface area contributed by atoms with Crippen LogP contribution in [0.2, 0.25) is 0 Å². The lowest BCUT2D eigenvalue weighted by molar-refractivity contribution is 0.271. The maximum Gasteiger partial charge on any atom is 0.191 e. The summed E-state index contributed by atoms with van der Waals surface area (Å²) in [4.78, 5) is 4.72. The van der Waals surface area contributed by atoms with Crippen LogP contribution >= 0.6 is 0 Å². The molecule has 1 heterocycles. The van der Waals surface area contributed by atoms with E-state index in [4.69, 9.17) is 14.3 Å². The fourth-order valence-corrected chi connectivity index (χ4v) is 3.03. The quantitative estimate of drug-likeness (QED) is 0.347. The van der Waals surface area contributed by atoms with Gasteiger partial charge in [-0.15, -0.1) is 0 Å². The molecule has 1 atom stereocenters. The van der Waals surface area contributed by atoms with Crippen molar-refractivity contribution in [3.05, 3.63) is 46.8 Å². The summed E-state index contributed by atoms with van der Waals surface area (Å²) >= 11 is 0. The number of hydrogen-bond acceptors (Lipinski definition) is 4. The van der Waals surface area contributed by atoms with Crippen LogP contribution in [0.25, 0.3) is 0 Å². The van der Waals surface area contributed by atoms with Gasteiger partial charge in [0.25, 0.3) is 0 Å². The van der Waals surface area contributed by atoms with Crippen molar-refractivity contribution in [3.63, 3.8) is 0 Å². The largest absolute Gasteiger partial charge is 0.493 e. The summed E-state index contributed by atoms with van der Waals surface area (Å²) in [5, 5.41) is 10.8. The van der Waals surface area contributed by atoms with E-state index >= 15 is 0 Å². The second kappa shape index (κ2) is 11.5. The molecule has 2 N–H and O–H groups in total. The van der Waals surface area contributed by atoms with Crippen molar-refractivity contribution >= 4 is 5.96 Å². The first-order chi connectivity index (χ1) is 13.9. The summed E-state index contributed by atoms with van der Waals surface area (Å²) in [6.45, 7) is 14.8. The number of hydrogen-bond donors (Lipinski definition) is 2. The van der Waals surface area contributed by atoms with Crippen LogP contribution < -0.4 is 15.4 Å². The molecule has 0 aliphatic rings. The minimum absolute atomic E-state index is 0.148. The summed E-state index contributed by atoms with van der Waals surface area (Å²) in [7, 11) is 0. The SMILES string of the molecule is CCNC(=NCCCc1c(C)noc1C)NC(C)c1ccc(OCC(C)C)cc1. The third kappa shape index (κ3) is 7.44. The van der Waals surface area contributed by atoms with Crippen molar-refractivity contribution in [1.29, 1.82) is 0 Å². The Morgan fingerprint density at radius 1 is 1.17 bits per heavy atom. The summed E-state index contributed by atoms with van der Waals surface area (Å²) in [6, 6.07) is 8.42. The predicted molar refractivity (Wildman–Crippen MR) is 119 cm³/mol. The van der Waals surface area contributed by atoms with Crippen molar-refractivity contribution in [3.8, 4) is 5.75 Å². The first kappa shape index (κ1) is 22.8. The second-order valence-corrected chi connectivity index (χ2v) is 7.81. The molecule has 29 heavy (non-hydrogen) atoms. The third-order valence-corrected chi connectivity index (χ3v) is 4.70. The zero-order valence-electron chi connectivity index (χ0n) is 18.7. The van der Waals surface area contributed by atoms with Gasteiger partial charge in [0, 0.05) is 18.7 Å². The van der Waals surface area contributed by atoms with Crippen LogP contribution in [0.15, 0.2) is 33.8 Å². The minimum atomic E-state index is 0.148. The Kier molecular flexibility index (Phi) is 9.03. The monoisotopic (exact) mass is 400 g/mol. The molecule has 1 aromatic carbocycles. The van der Waals surface area contributed by atoms with Crippen LogP contribution in [-0.2, 0) is 6.42 Å². The number of guanidine groups is 1. The Morgan fingerprint density at radius 3 is 2.48 bits per heavy atom. The lowest BCUT2D eigenvalue weighted by Crippen LogP contribution is -2.38. The van der Waals surface area contributed by atoms with Gasteiger partial charge in [0.15, 0.2) is 5.96 Å². The highest BCUT2D eigenvalue weighted by molar-refractivity contribution is 5.80. The van der Waals surface area contributed by atoms with Crippen LogP contribution in [0.4, 0.5) is 0 Å². The normalized spacial score (nSPS) is 12.9. The van der Waals surface area contributed by atoms with Crippen LogP contribution in [0, 0.1) is 19.8 Å². The molecular formula is C23H36N4O2. The van der Waals surface area contributed by atoms with Crippen LogP contribution in [0.3, 0.4) is 0 Å². The maximum absolute atomic E-state index is 5.77. The standard InChI is InChI=1S/C23H36N4O2/c1-7-24-23(25-14-8-9-22-18(5)27-29-19(22)6)26-17(4)20-10-12-21(13-11-20)28-15-16(2)3/h10-13,16-17H,7-9,14-15H2,1-6H3,(H2,24,25,26). The number of aryl methyl sites for hydroxylation is 2. The number of rotatable bonds is 10. The van der Waals surface area contributed by atoms with Gasteiger partial charge in [-0.1, -0.05) is 31.1 Å². The highest BCUT2D eigenvalue weighted by Crippen LogP contribution is 2.18. The van der Waals surface area contributed by atoms with Gasteiger partial charge in [0.05, 0.1) is 18.3 Å². The molecule has 1 aromatic heterocycles. The molecule has 0 bridgehead atoms. The molecule has 0 aliphatic heterocycles. The number of ether oxygens (including phenoxy) is 1. The zero-order valence-corrected chi connectivity index (χ0v) is 18.7. The highest BCUT2D eigenvalue weighted by Gasteiger charge is 2.10. The second-order valence-electron chi connectivity index (χ2n) is 7.81. The van der Waals surface area contributed by atoms with Crippen molar-refractivity contribution in [2.75, 3.05) is 19.7 Å². The number of aromatic nitrogens is 1. The van der Waals surface area contributed by atoms with Gasteiger partial charge in [0.2, 0.25) is 0 Å². The number of nitrogens with zero attached hydrogens (tertiary/aromatic N) is 2. The molecule has 2 rings (SSSR count). The third-order valence-electron chi connectivity index (χ3n) is 4.70. The van der Waals surface area contributed by atoms with Crippen LogP contribution in [0.1, 0.15) is 62.7 Å². The van der Waals surface area contributed by atoms with Gasteiger partial charge in [-0.05, 0) is 64.2 Å². The van der Waals surface area contributed by atoms with Gasteiger partial charge >= 0.3 is 0 Å². The fourth-order valence-electron chi connectivity index (χ4n) is 3.03. The molecule has 0 saturated heterocycles. The van der Waals surface area contributed by atoms with E-state index in [-0.39, 0.29) is 6.04 Å². The van der Waals surface area contributed by atoms with Crippen molar-refractivity contribution in [1.82, 2.24) is 15.8 Å². The molecular weight excluding hydrogens is 364 g/mol. The first-order valence-corrected chi connectivity index (χ1v) is 10.6. The smallest absolute Gasteiger partial charge is 0.191 e. The summed E-state index contributed by atoms with van der Waals surface area (Å²) in [5.74, 6) is 3.17. The molecule has 160 valence electrons. The van der Waals surface area contributed by atoms with E-state index in [2.05, 4.69) is 55.6 Å². The Morgan fingerprint density at radius 2 is 1.90 bits per heavy atom. The molecule has 0 amide bonds. The van der Waals surface area contributed by atoms with Gasteiger partial charge in [-0.2, -0.15) is 0 Å². The average Bonchev–Trinajstić information content (AvgIpc) is 3.01. The Hall–Kier alpha value is -2.50. The van der Waals surface area contributed by atoms with E-state index in [1.165, 1.54) is 11.1 Å². The van der Waals surface area contributed by atoms with Gasteiger partial charge in [0.1, 0.15) is 11.5 Å². The van der Waals surface area contributed by atoms with Crippen LogP contribution in [0.5, 0.6) is 5.75 Å². The molecule has 0 saturated carbocycles. The zero-order chi connectivity index (χ0) is 21.2. The van der Waals surface area contributed by atoms with Crippen molar-refractivity contribution in [2.24, 2.45) is 10.9 Å². The Balaban J connectivity index is 1.88. The molecule has 2 aromatic rings. The van der Waals surface area contributed by atoms with Crippen molar-refractivity contribution in [2.45, 2.75) is 60.4 Å². The van der Waals surface area contributed by atoms with Gasteiger partial charge in [-0.25, -0.2) is 0 Å². The molecule has 1 unspecified atom stereocenters. The van der Waals surface area contributed by atoms with Crippen LogP contribution in [-0.4, -0.2) is 30.8 Å². The Labute approximate surface area is 175 Å². The summed E-state index contributed by atoms with van der Waals surface area (Å²) in [6.07, 6.45) is 1.88. The van der Waals surface area contributed by atoms with E-state index in [1.807, 2.05) is 26.0 Å². The fraction of sp³-hybridized carbons (Fsp3) is 0.565.